The molecule has 1 aliphatic carbocycles. The van der Waals surface area contributed by atoms with Crippen LogP contribution in [-0.4, -0.2) is 42.9 Å². The van der Waals surface area contributed by atoms with Crippen molar-refractivity contribution >= 4 is 12.0 Å². The Morgan fingerprint density at radius 3 is 2.48 bits per heavy atom. The summed E-state index contributed by atoms with van der Waals surface area (Å²) >= 11 is 0. The fourth-order valence-electron chi connectivity index (χ4n) is 3.36. The molecule has 21 heavy (non-hydrogen) atoms. The summed E-state index contributed by atoms with van der Waals surface area (Å²) in [4.78, 5) is 23.4. The normalized spacial score (nSPS) is 23.5. The fourth-order valence-corrected chi connectivity index (χ4v) is 3.36. The van der Waals surface area contributed by atoms with E-state index in [1.165, 1.54) is 0 Å². The maximum atomic E-state index is 12.0. The summed E-state index contributed by atoms with van der Waals surface area (Å²) in [6, 6.07) is -0.181. The van der Waals surface area contributed by atoms with Gasteiger partial charge in [-0.2, -0.15) is 0 Å². The van der Waals surface area contributed by atoms with Crippen molar-refractivity contribution in [3.63, 3.8) is 0 Å². The summed E-state index contributed by atoms with van der Waals surface area (Å²) in [5, 5.41) is 15.1. The molecule has 0 spiro atoms. The SMILES string of the molecule is CC(NC(=O)NCC1(C(=O)O)CCCC1)C1CCOCC1. The fraction of sp³-hybridized carbons (Fsp3) is 0.867. The van der Waals surface area contributed by atoms with Gasteiger partial charge >= 0.3 is 12.0 Å². The molecule has 6 nitrogen and oxygen atoms in total. The summed E-state index contributed by atoms with van der Waals surface area (Å²) in [6.45, 7) is 3.72. The zero-order valence-corrected chi connectivity index (χ0v) is 12.7. The van der Waals surface area contributed by atoms with Crippen LogP contribution in [0.1, 0.15) is 45.4 Å². The third kappa shape index (κ3) is 4.09. The van der Waals surface area contributed by atoms with Crippen LogP contribution >= 0.6 is 0 Å². The molecule has 2 amide bonds. The molecule has 1 heterocycles. The maximum absolute atomic E-state index is 12.0. The van der Waals surface area contributed by atoms with E-state index in [9.17, 15) is 14.7 Å². The number of hydrogen-bond acceptors (Lipinski definition) is 3. The summed E-state index contributed by atoms with van der Waals surface area (Å²) in [6.07, 6.45) is 5.07. The second-order valence-electron chi connectivity index (χ2n) is 6.36. The predicted molar refractivity (Wildman–Crippen MR) is 78.1 cm³/mol. The van der Waals surface area contributed by atoms with Crippen LogP contribution in [0.5, 0.6) is 0 Å². The Labute approximate surface area is 125 Å². The maximum Gasteiger partial charge on any atom is 0.315 e. The van der Waals surface area contributed by atoms with Gasteiger partial charge in [-0.25, -0.2) is 4.79 Å². The van der Waals surface area contributed by atoms with Crippen molar-refractivity contribution in [2.75, 3.05) is 19.8 Å². The van der Waals surface area contributed by atoms with Crippen LogP contribution in [0.4, 0.5) is 4.79 Å². The molecule has 3 N–H and O–H groups in total. The molecular formula is C15H26N2O4. The molecule has 0 aromatic carbocycles. The second kappa shape index (κ2) is 7.11. The van der Waals surface area contributed by atoms with Gasteiger partial charge < -0.3 is 20.5 Å². The molecule has 120 valence electrons. The molecule has 0 radical (unpaired) electrons. The molecule has 2 fully saturated rings. The summed E-state index contributed by atoms with van der Waals surface area (Å²) < 4.78 is 5.32. The number of rotatable bonds is 5. The average molecular weight is 298 g/mol. The molecular weight excluding hydrogens is 272 g/mol. The Balaban J connectivity index is 1.77. The van der Waals surface area contributed by atoms with E-state index < -0.39 is 11.4 Å². The Hall–Kier alpha value is -1.30. The number of carbonyl (C=O) groups is 2. The summed E-state index contributed by atoms with van der Waals surface area (Å²) in [5.74, 6) is -0.359. The highest BCUT2D eigenvalue weighted by atomic mass is 16.5. The largest absolute Gasteiger partial charge is 0.481 e. The minimum Gasteiger partial charge on any atom is -0.481 e. The van der Waals surface area contributed by atoms with Gasteiger partial charge in [0.25, 0.3) is 0 Å². The lowest BCUT2D eigenvalue weighted by molar-refractivity contribution is -0.148. The molecule has 1 unspecified atom stereocenters. The zero-order chi connectivity index (χ0) is 15.3. The minimum absolute atomic E-state index is 0.0817. The number of hydrogen-bond donors (Lipinski definition) is 3. The van der Waals surface area contributed by atoms with Crippen LogP contribution in [-0.2, 0) is 9.53 Å². The topological polar surface area (TPSA) is 87.7 Å². The molecule has 2 aliphatic rings. The van der Waals surface area contributed by atoms with Gasteiger partial charge in [-0.15, -0.1) is 0 Å². The quantitative estimate of drug-likeness (QED) is 0.721. The highest BCUT2D eigenvalue weighted by molar-refractivity contribution is 5.78. The first-order valence-electron chi connectivity index (χ1n) is 7.89. The molecule has 0 bridgehead atoms. The molecule has 1 saturated carbocycles. The van der Waals surface area contributed by atoms with Gasteiger partial charge in [-0.05, 0) is 38.5 Å². The van der Waals surface area contributed by atoms with E-state index in [-0.39, 0.29) is 18.6 Å². The Bertz CT molecular complexity index is 374. The van der Waals surface area contributed by atoms with E-state index in [1.54, 1.807) is 0 Å². The number of ether oxygens (including phenoxy) is 1. The van der Waals surface area contributed by atoms with Crippen molar-refractivity contribution in [2.24, 2.45) is 11.3 Å². The molecule has 1 saturated heterocycles. The van der Waals surface area contributed by atoms with Crippen LogP contribution in [0.25, 0.3) is 0 Å². The summed E-state index contributed by atoms with van der Waals surface area (Å²) in [7, 11) is 0. The van der Waals surface area contributed by atoms with Crippen LogP contribution in [0.3, 0.4) is 0 Å². The van der Waals surface area contributed by atoms with Crippen LogP contribution in [0.15, 0.2) is 0 Å². The lowest BCUT2D eigenvalue weighted by Gasteiger charge is -2.29. The van der Waals surface area contributed by atoms with Gasteiger partial charge in [0.1, 0.15) is 0 Å². The first-order chi connectivity index (χ1) is 10.0. The number of carboxylic acids is 1. The number of carbonyl (C=O) groups excluding carboxylic acids is 1. The first kappa shape index (κ1) is 16.1. The Morgan fingerprint density at radius 2 is 1.90 bits per heavy atom. The monoisotopic (exact) mass is 298 g/mol. The van der Waals surface area contributed by atoms with E-state index in [4.69, 9.17) is 4.74 Å². The molecule has 1 aliphatic heterocycles. The number of nitrogens with one attached hydrogen (secondary N) is 2. The number of carboxylic acid groups (broad SMARTS) is 1. The molecule has 0 aromatic heterocycles. The third-order valence-corrected chi connectivity index (χ3v) is 4.93. The third-order valence-electron chi connectivity index (χ3n) is 4.93. The Morgan fingerprint density at radius 1 is 1.29 bits per heavy atom. The smallest absolute Gasteiger partial charge is 0.315 e. The highest BCUT2D eigenvalue weighted by Crippen LogP contribution is 2.37. The zero-order valence-electron chi connectivity index (χ0n) is 12.7. The van der Waals surface area contributed by atoms with E-state index in [0.29, 0.717) is 18.8 Å². The predicted octanol–water partition coefficient (Wildman–Crippen LogP) is 1.75. The van der Waals surface area contributed by atoms with Gasteiger partial charge in [-0.3, -0.25) is 4.79 Å². The van der Waals surface area contributed by atoms with Crippen molar-refractivity contribution in [3.05, 3.63) is 0 Å². The van der Waals surface area contributed by atoms with Crippen LogP contribution < -0.4 is 10.6 Å². The van der Waals surface area contributed by atoms with E-state index in [0.717, 1.165) is 38.9 Å². The number of amides is 2. The lowest BCUT2D eigenvalue weighted by Crippen LogP contribution is -2.49. The minimum atomic E-state index is -0.794. The molecule has 1 atom stereocenters. The van der Waals surface area contributed by atoms with Crippen molar-refractivity contribution in [1.29, 1.82) is 0 Å². The first-order valence-corrected chi connectivity index (χ1v) is 7.89. The van der Waals surface area contributed by atoms with Gasteiger partial charge in [0.05, 0.1) is 5.41 Å². The van der Waals surface area contributed by atoms with Crippen molar-refractivity contribution in [1.82, 2.24) is 10.6 Å². The standard InChI is InChI=1S/C15H26N2O4/c1-11(12-4-8-21-9-5-12)17-14(20)16-10-15(13(18)19)6-2-3-7-15/h11-12H,2-10H2,1H3,(H,18,19)(H2,16,17,20). The highest BCUT2D eigenvalue weighted by Gasteiger charge is 2.41. The van der Waals surface area contributed by atoms with Gasteiger partial charge in [0.2, 0.25) is 0 Å². The average Bonchev–Trinajstić information content (AvgIpc) is 2.96. The summed E-state index contributed by atoms with van der Waals surface area (Å²) in [5.41, 5.74) is -0.765. The van der Waals surface area contributed by atoms with E-state index in [2.05, 4.69) is 10.6 Å². The van der Waals surface area contributed by atoms with Crippen molar-refractivity contribution in [2.45, 2.75) is 51.5 Å². The van der Waals surface area contributed by atoms with Gasteiger partial charge in [0.15, 0.2) is 0 Å². The van der Waals surface area contributed by atoms with Crippen LogP contribution in [0.2, 0.25) is 0 Å². The van der Waals surface area contributed by atoms with Gasteiger partial charge in [0, 0.05) is 25.8 Å². The van der Waals surface area contributed by atoms with Gasteiger partial charge in [-0.1, -0.05) is 12.8 Å². The van der Waals surface area contributed by atoms with E-state index in [1.807, 2.05) is 6.92 Å². The van der Waals surface area contributed by atoms with Crippen molar-refractivity contribution < 1.29 is 19.4 Å². The molecule has 0 aromatic rings. The Kier molecular flexibility index (Phi) is 5.45. The lowest BCUT2D eigenvalue weighted by atomic mass is 9.86. The number of aliphatic carboxylic acids is 1. The van der Waals surface area contributed by atoms with Crippen LogP contribution in [0, 0.1) is 11.3 Å². The number of urea groups is 1. The van der Waals surface area contributed by atoms with Crippen molar-refractivity contribution in [3.8, 4) is 0 Å². The molecule has 6 heteroatoms. The second-order valence-corrected chi connectivity index (χ2v) is 6.36. The van der Waals surface area contributed by atoms with E-state index >= 15 is 0 Å². The molecule has 2 rings (SSSR count).